The van der Waals surface area contributed by atoms with Gasteiger partial charge in [-0.15, -0.1) is 5.10 Å². The van der Waals surface area contributed by atoms with Gasteiger partial charge in [0.25, 0.3) is 0 Å². The van der Waals surface area contributed by atoms with E-state index in [1.165, 1.54) is 0 Å². The van der Waals surface area contributed by atoms with E-state index >= 15 is 0 Å². The van der Waals surface area contributed by atoms with Crippen LogP contribution in [-0.2, 0) is 0 Å². The number of aryl methyl sites for hydroxylation is 2. The van der Waals surface area contributed by atoms with Crippen molar-refractivity contribution in [1.82, 2.24) is 19.6 Å². The minimum Gasteiger partial charge on any atom is -0.449 e. The number of hydrogen-bond acceptors (Lipinski definition) is 5. The molecule has 3 aromatic rings. The van der Waals surface area contributed by atoms with Gasteiger partial charge in [-0.1, -0.05) is 6.07 Å². The Balaban J connectivity index is 2.45. The molecule has 8 heteroatoms. The van der Waals surface area contributed by atoms with E-state index in [2.05, 4.69) is 19.8 Å². The summed E-state index contributed by atoms with van der Waals surface area (Å²) >= 11 is 0. The summed E-state index contributed by atoms with van der Waals surface area (Å²) in [6.45, 7) is 3.82. The number of carbonyl (C=O) groups is 1. The summed E-state index contributed by atoms with van der Waals surface area (Å²) in [5, 5.41) is 13.0. The Morgan fingerprint density at radius 3 is 2.85 bits per heavy atom. The normalized spacial score (nSPS) is 11.1. The SMILES string of the molecule is Cc1ccc2[nH]c(=O)n3nc(OC(=O)O)nc3c2c1C. The lowest BCUT2D eigenvalue weighted by molar-refractivity contribution is 0.140. The molecule has 3 rings (SSSR count). The molecular weight excluding hydrogens is 264 g/mol. The molecule has 0 fully saturated rings. The Hall–Kier alpha value is -2.90. The molecule has 0 radical (unpaired) electrons. The maximum atomic E-state index is 11.9. The predicted molar refractivity (Wildman–Crippen MR) is 69.2 cm³/mol. The van der Waals surface area contributed by atoms with E-state index in [4.69, 9.17) is 5.11 Å². The van der Waals surface area contributed by atoms with Crippen LogP contribution in [-0.4, -0.2) is 30.8 Å². The zero-order valence-corrected chi connectivity index (χ0v) is 10.7. The van der Waals surface area contributed by atoms with Crippen molar-refractivity contribution in [1.29, 1.82) is 0 Å². The molecule has 0 aliphatic rings. The van der Waals surface area contributed by atoms with Crippen molar-refractivity contribution >= 4 is 22.7 Å². The van der Waals surface area contributed by atoms with E-state index in [0.29, 0.717) is 10.9 Å². The van der Waals surface area contributed by atoms with Crippen LogP contribution in [0.15, 0.2) is 16.9 Å². The molecule has 0 amide bonds. The maximum Gasteiger partial charge on any atom is 0.513 e. The van der Waals surface area contributed by atoms with Gasteiger partial charge in [0.1, 0.15) is 0 Å². The molecule has 2 N–H and O–H groups in total. The lowest BCUT2D eigenvalue weighted by Gasteiger charge is -2.05. The van der Waals surface area contributed by atoms with Crippen molar-refractivity contribution < 1.29 is 14.6 Å². The topological polar surface area (TPSA) is 110 Å². The van der Waals surface area contributed by atoms with E-state index in [0.717, 1.165) is 15.6 Å². The molecular formula is C12H10N4O4. The Bertz CT molecular complexity index is 909. The van der Waals surface area contributed by atoms with Gasteiger partial charge in [0, 0.05) is 5.39 Å². The van der Waals surface area contributed by atoms with Crippen molar-refractivity contribution in [2.75, 3.05) is 0 Å². The van der Waals surface area contributed by atoms with E-state index in [1.807, 2.05) is 19.9 Å². The third-order valence-electron chi connectivity index (χ3n) is 3.16. The average molecular weight is 274 g/mol. The predicted octanol–water partition coefficient (Wildman–Crippen LogP) is 1.24. The second kappa shape index (κ2) is 4.05. The molecule has 0 spiro atoms. The van der Waals surface area contributed by atoms with E-state index in [1.54, 1.807) is 6.07 Å². The quantitative estimate of drug-likeness (QED) is 0.646. The van der Waals surface area contributed by atoms with Crippen LogP contribution in [0.25, 0.3) is 16.6 Å². The highest BCUT2D eigenvalue weighted by Gasteiger charge is 2.15. The molecule has 2 aromatic heterocycles. The van der Waals surface area contributed by atoms with Crippen molar-refractivity contribution in [3.05, 3.63) is 33.7 Å². The van der Waals surface area contributed by atoms with Crippen LogP contribution < -0.4 is 10.4 Å². The number of nitrogens with zero attached hydrogens (tertiary/aromatic N) is 3. The Morgan fingerprint density at radius 1 is 1.40 bits per heavy atom. The van der Waals surface area contributed by atoms with Gasteiger partial charge < -0.3 is 14.8 Å². The number of aromatic nitrogens is 4. The minimum atomic E-state index is -1.53. The number of rotatable bonds is 1. The average Bonchev–Trinajstić information content (AvgIpc) is 2.77. The number of hydrogen-bond donors (Lipinski definition) is 2. The molecule has 0 unspecified atom stereocenters. The van der Waals surface area contributed by atoms with Crippen LogP contribution in [0.2, 0.25) is 0 Å². The minimum absolute atomic E-state index is 0.265. The Labute approximate surface area is 111 Å². The number of carboxylic acid groups (broad SMARTS) is 1. The zero-order chi connectivity index (χ0) is 14.4. The van der Waals surface area contributed by atoms with Gasteiger partial charge in [0.15, 0.2) is 5.65 Å². The highest BCUT2D eigenvalue weighted by Crippen LogP contribution is 2.23. The highest BCUT2D eigenvalue weighted by atomic mass is 16.7. The molecule has 0 aliphatic heterocycles. The van der Waals surface area contributed by atoms with Crippen LogP contribution in [0.4, 0.5) is 4.79 Å². The van der Waals surface area contributed by atoms with Gasteiger partial charge in [-0.2, -0.15) is 9.50 Å². The Kier molecular flexibility index (Phi) is 2.46. The fraction of sp³-hybridized carbons (Fsp3) is 0.167. The van der Waals surface area contributed by atoms with Crippen LogP contribution in [0, 0.1) is 13.8 Å². The number of H-pyrrole nitrogens is 1. The van der Waals surface area contributed by atoms with Crippen LogP contribution >= 0.6 is 0 Å². The summed E-state index contributed by atoms with van der Waals surface area (Å²) in [5.74, 6) is 0. The first kappa shape index (κ1) is 12.2. The van der Waals surface area contributed by atoms with Crippen molar-refractivity contribution in [3.63, 3.8) is 0 Å². The lowest BCUT2D eigenvalue weighted by atomic mass is 10.1. The summed E-state index contributed by atoms with van der Waals surface area (Å²) in [6.07, 6.45) is -1.53. The number of benzene rings is 1. The first-order valence-electron chi connectivity index (χ1n) is 5.77. The molecule has 2 heterocycles. The number of fused-ring (bicyclic) bond motifs is 3. The van der Waals surface area contributed by atoms with E-state index in [9.17, 15) is 9.59 Å². The van der Waals surface area contributed by atoms with Gasteiger partial charge >= 0.3 is 17.9 Å². The summed E-state index contributed by atoms with van der Waals surface area (Å²) in [4.78, 5) is 29.0. The van der Waals surface area contributed by atoms with E-state index in [-0.39, 0.29) is 11.7 Å². The third-order valence-corrected chi connectivity index (χ3v) is 3.16. The fourth-order valence-corrected chi connectivity index (χ4v) is 2.09. The van der Waals surface area contributed by atoms with Gasteiger partial charge in [-0.3, -0.25) is 0 Å². The van der Waals surface area contributed by atoms with Crippen LogP contribution in [0.5, 0.6) is 6.01 Å². The molecule has 1 aromatic carbocycles. The maximum absolute atomic E-state index is 11.9. The monoisotopic (exact) mass is 274 g/mol. The summed E-state index contributed by atoms with van der Waals surface area (Å²) < 4.78 is 5.39. The Morgan fingerprint density at radius 2 is 2.15 bits per heavy atom. The second-order valence-electron chi connectivity index (χ2n) is 4.36. The third kappa shape index (κ3) is 1.69. The van der Waals surface area contributed by atoms with Gasteiger partial charge in [-0.05, 0) is 31.0 Å². The molecule has 0 saturated heterocycles. The number of nitrogens with one attached hydrogen (secondary N) is 1. The van der Waals surface area contributed by atoms with Crippen LogP contribution in [0.1, 0.15) is 11.1 Å². The summed E-state index contributed by atoms with van der Waals surface area (Å²) in [5.41, 5.74) is 2.32. The number of aromatic amines is 1. The highest BCUT2D eigenvalue weighted by molar-refractivity contribution is 5.94. The van der Waals surface area contributed by atoms with Crippen molar-refractivity contribution in [2.45, 2.75) is 13.8 Å². The smallest absolute Gasteiger partial charge is 0.449 e. The fourth-order valence-electron chi connectivity index (χ4n) is 2.09. The zero-order valence-electron chi connectivity index (χ0n) is 10.7. The molecule has 102 valence electrons. The molecule has 8 nitrogen and oxygen atoms in total. The van der Waals surface area contributed by atoms with Crippen LogP contribution in [0.3, 0.4) is 0 Å². The lowest BCUT2D eigenvalue weighted by Crippen LogP contribution is -2.18. The second-order valence-corrected chi connectivity index (χ2v) is 4.36. The molecule has 0 saturated carbocycles. The molecule has 20 heavy (non-hydrogen) atoms. The van der Waals surface area contributed by atoms with Gasteiger partial charge in [0.05, 0.1) is 5.52 Å². The largest absolute Gasteiger partial charge is 0.513 e. The molecule has 0 aliphatic carbocycles. The summed E-state index contributed by atoms with van der Waals surface area (Å²) in [7, 11) is 0. The number of ether oxygens (including phenoxy) is 1. The first-order chi connectivity index (χ1) is 9.47. The van der Waals surface area contributed by atoms with E-state index < -0.39 is 11.8 Å². The first-order valence-corrected chi connectivity index (χ1v) is 5.77. The molecule has 0 bridgehead atoms. The van der Waals surface area contributed by atoms with Crippen molar-refractivity contribution in [3.8, 4) is 6.01 Å². The summed E-state index contributed by atoms with van der Waals surface area (Å²) in [6, 6.07) is 3.28. The molecule has 0 atom stereocenters. The van der Waals surface area contributed by atoms with Gasteiger partial charge in [-0.25, -0.2) is 9.59 Å². The van der Waals surface area contributed by atoms with Crippen molar-refractivity contribution in [2.24, 2.45) is 0 Å². The standard InChI is InChI=1S/C12H10N4O4/c1-5-3-4-7-8(6(5)2)9-14-10(20-12(18)19)15-16(9)11(17)13-7/h3-4H,1-2H3,(H,13,17)(H,18,19). The van der Waals surface area contributed by atoms with Gasteiger partial charge in [0.2, 0.25) is 0 Å².